The number of rotatable bonds is 4. The minimum atomic E-state index is -1.29. The van der Waals surface area contributed by atoms with Crippen LogP contribution in [0.4, 0.5) is 8.78 Å². The van der Waals surface area contributed by atoms with Crippen molar-refractivity contribution in [1.82, 2.24) is 24.7 Å². The molecule has 31 heavy (non-hydrogen) atoms. The number of halogens is 2. The number of ether oxygens (including phenoxy) is 1. The number of hydrogen-bond acceptors (Lipinski definition) is 6. The van der Waals surface area contributed by atoms with Gasteiger partial charge in [0.2, 0.25) is 0 Å². The van der Waals surface area contributed by atoms with E-state index in [0.29, 0.717) is 12.0 Å². The molecule has 2 aromatic heterocycles. The monoisotopic (exact) mass is 427 g/mol. The first-order valence-corrected chi connectivity index (χ1v) is 10.2. The predicted molar refractivity (Wildman–Crippen MR) is 108 cm³/mol. The van der Waals surface area contributed by atoms with Crippen molar-refractivity contribution in [2.24, 2.45) is 10.8 Å². The molecule has 0 aliphatic heterocycles. The molecule has 5 rings (SSSR count). The van der Waals surface area contributed by atoms with E-state index in [1.54, 1.807) is 48.4 Å². The van der Waals surface area contributed by atoms with Crippen LogP contribution in [0.25, 0.3) is 17.1 Å². The first kappa shape index (κ1) is 19.8. The van der Waals surface area contributed by atoms with Crippen molar-refractivity contribution >= 4 is 0 Å². The Morgan fingerprint density at radius 3 is 2.68 bits per heavy atom. The second kappa shape index (κ2) is 6.96. The van der Waals surface area contributed by atoms with E-state index in [1.165, 1.54) is 6.20 Å². The number of nitrogens with zero attached hydrogens (tertiary/aromatic N) is 5. The number of aromatic nitrogens is 5. The SMILES string of the molecule is C[C@]12C[C@@H](Oc3cnc(-c4ccc(-n5ccnc5)cc4O)nn3)[C@H](F)[C@](C)(C[C@H]1F)C2. The lowest BCUT2D eigenvalue weighted by Crippen LogP contribution is -2.47. The van der Waals surface area contributed by atoms with E-state index in [2.05, 4.69) is 20.2 Å². The van der Waals surface area contributed by atoms with Gasteiger partial charge in [-0.1, -0.05) is 13.8 Å². The molecule has 0 spiro atoms. The number of fused-ring (bicyclic) bond motifs is 2. The number of phenolic OH excluding ortho intramolecular Hbond substituents is 1. The van der Waals surface area contributed by atoms with Crippen molar-refractivity contribution in [3.05, 3.63) is 43.1 Å². The highest BCUT2D eigenvalue weighted by molar-refractivity contribution is 5.65. The molecule has 9 heteroatoms. The first-order valence-electron chi connectivity index (χ1n) is 10.2. The molecule has 0 radical (unpaired) electrons. The maximum Gasteiger partial charge on any atom is 0.252 e. The second-order valence-corrected chi connectivity index (χ2v) is 9.21. The lowest BCUT2D eigenvalue weighted by atomic mass is 9.68. The van der Waals surface area contributed by atoms with Gasteiger partial charge in [-0.25, -0.2) is 18.7 Å². The number of aromatic hydroxyl groups is 1. The fourth-order valence-corrected chi connectivity index (χ4v) is 5.16. The van der Waals surface area contributed by atoms with Crippen LogP contribution in [-0.2, 0) is 0 Å². The number of benzene rings is 1. The Morgan fingerprint density at radius 1 is 1.16 bits per heavy atom. The molecule has 0 amide bonds. The number of alkyl halides is 2. The molecule has 2 fully saturated rings. The molecule has 2 aliphatic carbocycles. The molecule has 2 bridgehead atoms. The Bertz CT molecular complexity index is 1090. The van der Waals surface area contributed by atoms with Gasteiger partial charge in [0.25, 0.3) is 5.88 Å². The topological polar surface area (TPSA) is 86.0 Å². The Balaban J connectivity index is 1.34. The molecule has 1 aromatic carbocycles. The summed E-state index contributed by atoms with van der Waals surface area (Å²) in [6.45, 7) is 3.64. The third-order valence-electron chi connectivity index (χ3n) is 6.71. The first-order chi connectivity index (χ1) is 14.8. The lowest BCUT2D eigenvalue weighted by molar-refractivity contribution is -0.0475. The zero-order chi connectivity index (χ0) is 21.8. The highest BCUT2D eigenvalue weighted by Crippen LogP contribution is 2.60. The third kappa shape index (κ3) is 3.32. The van der Waals surface area contributed by atoms with Crippen molar-refractivity contribution in [3.63, 3.8) is 0 Å². The van der Waals surface area contributed by atoms with Crippen LogP contribution in [0.2, 0.25) is 0 Å². The van der Waals surface area contributed by atoms with E-state index >= 15 is 4.39 Å². The maximum absolute atomic E-state index is 15.1. The highest BCUT2D eigenvalue weighted by atomic mass is 19.1. The fourth-order valence-electron chi connectivity index (χ4n) is 5.16. The summed E-state index contributed by atoms with van der Waals surface area (Å²) in [7, 11) is 0. The molecule has 2 aliphatic rings. The zero-order valence-corrected chi connectivity index (χ0v) is 17.2. The minimum Gasteiger partial charge on any atom is -0.507 e. The van der Waals surface area contributed by atoms with Crippen LogP contribution < -0.4 is 4.74 Å². The number of phenols is 1. The largest absolute Gasteiger partial charge is 0.507 e. The van der Waals surface area contributed by atoms with Gasteiger partial charge >= 0.3 is 0 Å². The van der Waals surface area contributed by atoms with E-state index in [-0.39, 0.29) is 30.3 Å². The summed E-state index contributed by atoms with van der Waals surface area (Å²) in [4.78, 5) is 8.20. The van der Waals surface area contributed by atoms with Crippen LogP contribution in [0, 0.1) is 10.8 Å². The summed E-state index contributed by atoms with van der Waals surface area (Å²) >= 11 is 0. The van der Waals surface area contributed by atoms with Crippen LogP contribution in [0.1, 0.15) is 33.1 Å². The van der Waals surface area contributed by atoms with E-state index in [1.807, 2.05) is 6.92 Å². The van der Waals surface area contributed by atoms with Gasteiger partial charge in [0.05, 0.1) is 23.8 Å². The molecule has 0 saturated heterocycles. The molecular formula is C22H23F2N5O2. The van der Waals surface area contributed by atoms with E-state index < -0.39 is 29.3 Å². The Morgan fingerprint density at radius 2 is 2.00 bits per heavy atom. The maximum atomic E-state index is 15.1. The van der Waals surface area contributed by atoms with Crippen LogP contribution in [0.15, 0.2) is 43.1 Å². The second-order valence-electron chi connectivity index (χ2n) is 9.21. The normalized spacial score (nSPS) is 32.2. The Hall–Kier alpha value is -3.10. The fraction of sp³-hybridized carbons (Fsp3) is 0.455. The van der Waals surface area contributed by atoms with Crippen LogP contribution in [-0.4, -0.2) is 48.3 Å². The van der Waals surface area contributed by atoms with Crippen LogP contribution >= 0.6 is 0 Å². The number of hydrogen-bond donors (Lipinski definition) is 1. The third-order valence-corrected chi connectivity index (χ3v) is 6.71. The summed E-state index contributed by atoms with van der Waals surface area (Å²) in [6.07, 6.45) is 4.27. The summed E-state index contributed by atoms with van der Waals surface area (Å²) < 4.78 is 37.1. The summed E-state index contributed by atoms with van der Waals surface area (Å²) in [5.41, 5.74) is -0.185. The molecule has 2 saturated carbocycles. The van der Waals surface area contributed by atoms with Crippen LogP contribution in [0.5, 0.6) is 11.6 Å². The molecule has 2 heterocycles. The summed E-state index contributed by atoms with van der Waals surface area (Å²) in [5.74, 6) is 0.282. The summed E-state index contributed by atoms with van der Waals surface area (Å²) in [5, 5.41) is 18.4. The molecule has 162 valence electrons. The lowest BCUT2D eigenvalue weighted by Gasteiger charge is -2.42. The van der Waals surface area contributed by atoms with Gasteiger partial charge in [-0.05, 0) is 31.4 Å². The van der Waals surface area contributed by atoms with E-state index in [9.17, 15) is 9.50 Å². The standard InChI is InChI=1S/C22H23F2N5O2/c1-21-8-16(19(24)22(2,11-21)9-17(21)23)31-18-10-26-20(28-27-18)14-4-3-13(7-15(14)30)29-6-5-25-12-29/h3-7,10,12,16-17,19,30H,8-9,11H2,1-2H3/t16-,17-,19+,21-,22-/m1/s1. The van der Waals surface area contributed by atoms with Crippen molar-refractivity contribution in [1.29, 1.82) is 0 Å². The molecular weight excluding hydrogens is 404 g/mol. The molecule has 1 N–H and O–H groups in total. The smallest absolute Gasteiger partial charge is 0.252 e. The molecule has 3 aromatic rings. The average molecular weight is 427 g/mol. The van der Waals surface area contributed by atoms with Gasteiger partial charge in [0.1, 0.15) is 24.2 Å². The van der Waals surface area contributed by atoms with Gasteiger partial charge in [-0.3, -0.25) is 0 Å². The highest BCUT2D eigenvalue weighted by Gasteiger charge is 2.61. The Kier molecular flexibility index (Phi) is 4.46. The van der Waals surface area contributed by atoms with Gasteiger partial charge < -0.3 is 14.4 Å². The van der Waals surface area contributed by atoms with E-state index in [0.717, 1.165) is 5.69 Å². The van der Waals surface area contributed by atoms with Crippen molar-refractivity contribution < 1.29 is 18.6 Å². The number of imidazole rings is 1. The van der Waals surface area contributed by atoms with Crippen LogP contribution in [0.3, 0.4) is 0 Å². The molecule has 5 atom stereocenters. The Labute approximate surface area is 178 Å². The van der Waals surface area contributed by atoms with E-state index in [4.69, 9.17) is 4.74 Å². The van der Waals surface area contributed by atoms with Crippen molar-refractivity contribution in [2.75, 3.05) is 0 Å². The summed E-state index contributed by atoms with van der Waals surface area (Å²) in [6, 6.07) is 5.05. The van der Waals surface area contributed by atoms with Crippen molar-refractivity contribution in [3.8, 4) is 28.7 Å². The van der Waals surface area contributed by atoms with Gasteiger partial charge in [0.15, 0.2) is 5.82 Å². The predicted octanol–water partition coefficient (Wildman–Crippen LogP) is 4.06. The molecule has 7 nitrogen and oxygen atoms in total. The van der Waals surface area contributed by atoms with Crippen molar-refractivity contribution in [2.45, 2.75) is 51.6 Å². The van der Waals surface area contributed by atoms with Gasteiger partial charge in [-0.2, -0.15) is 0 Å². The quantitative estimate of drug-likeness (QED) is 0.676. The van der Waals surface area contributed by atoms with Gasteiger partial charge in [0, 0.05) is 29.3 Å². The molecule has 0 unspecified atom stereocenters. The zero-order valence-electron chi connectivity index (χ0n) is 17.2. The average Bonchev–Trinajstić information content (AvgIpc) is 3.33. The van der Waals surface area contributed by atoms with Gasteiger partial charge in [-0.15, -0.1) is 10.2 Å². The minimum absolute atomic E-state index is 0.0100.